The Labute approximate surface area is 192 Å². The van der Waals surface area contributed by atoms with Crippen molar-refractivity contribution in [1.82, 2.24) is 19.4 Å². The fraction of sp³-hybridized carbons (Fsp3) is 0.238. The summed E-state index contributed by atoms with van der Waals surface area (Å²) in [7, 11) is 5.07. The van der Waals surface area contributed by atoms with Gasteiger partial charge in [-0.25, -0.2) is 4.98 Å². The maximum absolute atomic E-state index is 13.0. The van der Waals surface area contributed by atoms with Gasteiger partial charge in [-0.2, -0.15) is 19.2 Å². The van der Waals surface area contributed by atoms with Crippen molar-refractivity contribution in [3.05, 3.63) is 67.0 Å². The minimum Gasteiger partial charge on any atom is -0.683 e. The van der Waals surface area contributed by atoms with Gasteiger partial charge in [0.05, 0.1) is 30.2 Å². The Kier molecular flexibility index (Phi) is 5.18. The van der Waals surface area contributed by atoms with Gasteiger partial charge in [-0.1, -0.05) is 12.1 Å². The van der Waals surface area contributed by atoms with E-state index >= 15 is 0 Å². The molecule has 2 amide bonds. The number of para-hydroxylation sites is 2. The molecule has 8 heteroatoms. The minimum absolute atomic E-state index is 0. The molecule has 0 unspecified atom stereocenters. The normalized spacial score (nSPS) is 20.9. The quantitative estimate of drug-likeness (QED) is 0.415. The number of nitrogens with zero attached hydrogens (tertiary/aromatic N) is 4. The van der Waals surface area contributed by atoms with Crippen molar-refractivity contribution >= 4 is 22.8 Å². The maximum atomic E-state index is 13.0. The number of aromatic nitrogens is 2. The molecule has 144 valence electrons. The van der Waals surface area contributed by atoms with E-state index in [9.17, 15) is 9.59 Å². The molecule has 0 aliphatic carbocycles. The molecule has 7 nitrogen and oxygen atoms in total. The van der Waals surface area contributed by atoms with E-state index in [1.807, 2.05) is 30.3 Å². The molecule has 3 aromatic rings. The van der Waals surface area contributed by atoms with E-state index in [-0.39, 0.29) is 49.5 Å². The molecule has 29 heavy (non-hydrogen) atoms. The Balaban J connectivity index is 0.00000205. The molecule has 0 spiro atoms. The van der Waals surface area contributed by atoms with Crippen LogP contribution in [0.4, 0.5) is 0 Å². The third-order valence-corrected chi connectivity index (χ3v) is 5.50. The first kappa shape index (κ1) is 20.0. The van der Waals surface area contributed by atoms with Gasteiger partial charge in [0.2, 0.25) is 11.8 Å². The third-order valence-electron chi connectivity index (χ3n) is 5.50. The van der Waals surface area contributed by atoms with Crippen LogP contribution in [0.5, 0.6) is 5.75 Å². The standard InChI is InChI=1S/C21H18N4O3.U/c1-23-12-18(26)25-17(21(23)27)11-24-16-6-4-3-5-15(16)22-20(24)19(25)13-7-9-14(28-2)10-8-13;/h3-9,17,19H,2,11-12H2,1H3;/q-2;+2/t17-,19-;/m1./s1. The average Bonchev–Trinajstić information content (AvgIpc) is 3.09. The van der Waals surface area contributed by atoms with Crippen molar-refractivity contribution < 1.29 is 45.4 Å². The van der Waals surface area contributed by atoms with Crippen LogP contribution < -0.4 is 4.74 Å². The average molecular weight is 612 g/mol. The van der Waals surface area contributed by atoms with E-state index < -0.39 is 12.1 Å². The molecule has 5 rings (SSSR count). The van der Waals surface area contributed by atoms with Gasteiger partial charge in [0, 0.05) is 7.05 Å². The molecule has 1 saturated heterocycles. The Morgan fingerprint density at radius 1 is 1.21 bits per heavy atom. The Bertz CT molecular complexity index is 1100. The Hall–Kier alpha value is -2.30. The first-order valence-corrected chi connectivity index (χ1v) is 9.03. The predicted molar refractivity (Wildman–Crippen MR) is 101 cm³/mol. The van der Waals surface area contributed by atoms with Gasteiger partial charge in [-0.05, 0) is 17.9 Å². The van der Waals surface area contributed by atoms with Crippen LogP contribution in [0.2, 0.25) is 0 Å². The van der Waals surface area contributed by atoms with Crippen LogP contribution in [-0.2, 0) is 16.1 Å². The van der Waals surface area contributed by atoms with Gasteiger partial charge < -0.3 is 19.1 Å². The molecule has 2 atom stereocenters. The van der Waals surface area contributed by atoms with Crippen molar-refractivity contribution in [3.63, 3.8) is 0 Å². The fourth-order valence-electron chi connectivity index (χ4n) is 4.18. The molecule has 2 aromatic carbocycles. The molecule has 0 saturated carbocycles. The number of hydrogen-bond donors (Lipinski definition) is 0. The molecule has 3 heterocycles. The summed E-state index contributed by atoms with van der Waals surface area (Å²) in [6, 6.07) is 15.2. The molecular formula is C21H18N4O3U. The van der Waals surface area contributed by atoms with Crippen molar-refractivity contribution in [2.75, 3.05) is 13.6 Å². The van der Waals surface area contributed by atoms with E-state index in [2.05, 4.69) is 17.7 Å². The number of imidazole rings is 1. The summed E-state index contributed by atoms with van der Waals surface area (Å²) in [5.41, 5.74) is 2.63. The van der Waals surface area contributed by atoms with Gasteiger partial charge in [0.1, 0.15) is 11.9 Å². The van der Waals surface area contributed by atoms with Crippen LogP contribution >= 0.6 is 0 Å². The van der Waals surface area contributed by atoms with Gasteiger partial charge in [0.25, 0.3) is 0 Å². The summed E-state index contributed by atoms with van der Waals surface area (Å²) >= 11 is 0. The van der Waals surface area contributed by atoms with Crippen LogP contribution in [0.1, 0.15) is 17.4 Å². The second-order valence-electron chi connectivity index (χ2n) is 7.11. The van der Waals surface area contributed by atoms with Crippen molar-refractivity contribution in [1.29, 1.82) is 0 Å². The Morgan fingerprint density at radius 3 is 2.72 bits per heavy atom. The first-order chi connectivity index (χ1) is 13.6. The number of benzene rings is 2. The molecule has 1 aromatic heterocycles. The fourth-order valence-corrected chi connectivity index (χ4v) is 4.18. The van der Waals surface area contributed by atoms with Gasteiger partial charge in [0.15, 0.2) is 0 Å². The summed E-state index contributed by atoms with van der Waals surface area (Å²) in [6.45, 7) is 0.459. The summed E-state index contributed by atoms with van der Waals surface area (Å²) in [5, 5.41) is 0. The zero-order valence-corrected chi connectivity index (χ0v) is 20.0. The van der Waals surface area contributed by atoms with Crippen LogP contribution in [-0.4, -0.2) is 50.8 Å². The third kappa shape index (κ3) is 3.06. The van der Waals surface area contributed by atoms with Crippen LogP contribution in [0, 0.1) is 44.3 Å². The van der Waals surface area contributed by atoms with Crippen LogP contribution in [0.25, 0.3) is 11.0 Å². The number of rotatable bonds is 2. The second kappa shape index (κ2) is 7.51. The summed E-state index contributed by atoms with van der Waals surface area (Å²) in [4.78, 5) is 33.9. The zero-order valence-electron chi connectivity index (χ0n) is 15.8. The molecule has 0 N–H and O–H groups in total. The van der Waals surface area contributed by atoms with E-state index in [0.717, 1.165) is 22.4 Å². The molecule has 0 radical (unpaired) electrons. The number of likely N-dealkylation sites (N-methyl/N-ethyl adjacent to an activating group) is 1. The summed E-state index contributed by atoms with van der Waals surface area (Å²) < 4.78 is 7.02. The molecular weight excluding hydrogens is 594 g/mol. The molecule has 2 aliphatic heterocycles. The number of ether oxygens (including phenoxy) is 1. The van der Waals surface area contributed by atoms with E-state index in [0.29, 0.717) is 12.3 Å². The number of hydrogen-bond acceptors (Lipinski definition) is 4. The number of carbonyl (C=O) groups excluding carboxylic acids is 2. The predicted octanol–water partition coefficient (Wildman–Crippen LogP) is 1.78. The number of piperazine rings is 1. The van der Waals surface area contributed by atoms with Crippen LogP contribution in [0.15, 0.2) is 42.5 Å². The van der Waals surface area contributed by atoms with Crippen LogP contribution in [0.3, 0.4) is 0 Å². The van der Waals surface area contributed by atoms with Gasteiger partial charge in [-0.15, -0.1) is 17.7 Å². The van der Waals surface area contributed by atoms with Crippen molar-refractivity contribution in [2.45, 2.75) is 18.6 Å². The zero-order chi connectivity index (χ0) is 19.4. The van der Waals surface area contributed by atoms with E-state index in [4.69, 9.17) is 9.72 Å². The number of amides is 2. The monoisotopic (exact) mass is 612 g/mol. The SMILES string of the molecule is [CH2-]Oc1[c-]cc([C@@H]2c3nc4ccccc4n3C[C@@H]3C(=O)N(C)CC(=O)N23)cc1.[U+2]. The Morgan fingerprint density at radius 2 is 2.00 bits per heavy atom. The molecule has 0 bridgehead atoms. The van der Waals surface area contributed by atoms with Gasteiger partial charge >= 0.3 is 31.1 Å². The molecule has 1 fully saturated rings. The van der Waals surface area contributed by atoms with E-state index in [1.54, 1.807) is 24.1 Å². The van der Waals surface area contributed by atoms with Crippen molar-refractivity contribution in [3.8, 4) is 5.75 Å². The maximum Gasteiger partial charge on any atom is 2.00 e. The first-order valence-electron chi connectivity index (χ1n) is 9.03. The second-order valence-corrected chi connectivity index (χ2v) is 7.11. The largest absolute Gasteiger partial charge is 2.00 e. The number of carbonyl (C=O) groups is 2. The molecule has 2 aliphatic rings. The van der Waals surface area contributed by atoms with Crippen molar-refractivity contribution in [2.24, 2.45) is 0 Å². The topological polar surface area (TPSA) is 67.7 Å². The summed E-state index contributed by atoms with van der Waals surface area (Å²) in [6.07, 6.45) is 0. The van der Waals surface area contributed by atoms with Gasteiger partial charge in [-0.3, -0.25) is 9.59 Å². The minimum atomic E-state index is -0.565. The summed E-state index contributed by atoms with van der Waals surface area (Å²) in [5.74, 6) is 1.10. The van der Waals surface area contributed by atoms with E-state index in [1.165, 1.54) is 4.90 Å². The number of fused-ring (bicyclic) bond motifs is 4. The smallest absolute Gasteiger partial charge is 0.683 e.